The first-order chi connectivity index (χ1) is 5.74. The van der Waals surface area contributed by atoms with Crippen LogP contribution in [-0.4, -0.2) is 38.3 Å². The number of rotatable bonds is 2. The van der Waals surface area contributed by atoms with Crippen molar-refractivity contribution >= 4 is 0 Å². The van der Waals surface area contributed by atoms with Gasteiger partial charge in [-0.2, -0.15) is 0 Å². The SMILES string of the molecule is CO[C@@H]1[C@H]2CC[C@H](C2)[C@H]1N(C)C. The van der Waals surface area contributed by atoms with Gasteiger partial charge in [0.15, 0.2) is 0 Å². The van der Waals surface area contributed by atoms with Gasteiger partial charge < -0.3 is 9.64 Å². The van der Waals surface area contributed by atoms with Gasteiger partial charge in [-0.1, -0.05) is 0 Å². The van der Waals surface area contributed by atoms with Gasteiger partial charge >= 0.3 is 0 Å². The van der Waals surface area contributed by atoms with E-state index in [1.54, 1.807) is 0 Å². The molecule has 0 aromatic heterocycles. The third-order valence-corrected chi connectivity index (χ3v) is 3.67. The molecule has 0 heterocycles. The zero-order valence-electron chi connectivity index (χ0n) is 8.29. The van der Waals surface area contributed by atoms with Crippen molar-refractivity contribution in [2.45, 2.75) is 31.4 Å². The highest BCUT2D eigenvalue weighted by Crippen LogP contribution is 2.47. The molecule has 2 nitrogen and oxygen atoms in total. The van der Waals surface area contributed by atoms with Crippen LogP contribution in [0.15, 0.2) is 0 Å². The van der Waals surface area contributed by atoms with Crippen LogP contribution in [-0.2, 0) is 4.74 Å². The Balaban J connectivity index is 2.11. The minimum Gasteiger partial charge on any atom is -0.380 e. The largest absolute Gasteiger partial charge is 0.380 e. The molecule has 0 aliphatic heterocycles. The van der Waals surface area contributed by atoms with Gasteiger partial charge in [0.25, 0.3) is 0 Å². The maximum Gasteiger partial charge on any atom is 0.0757 e. The van der Waals surface area contributed by atoms with E-state index in [2.05, 4.69) is 19.0 Å². The number of nitrogens with zero attached hydrogens (tertiary/aromatic N) is 1. The molecule has 0 aromatic rings. The summed E-state index contributed by atoms with van der Waals surface area (Å²) in [5.41, 5.74) is 0. The summed E-state index contributed by atoms with van der Waals surface area (Å²) in [5, 5.41) is 0. The summed E-state index contributed by atoms with van der Waals surface area (Å²) in [5.74, 6) is 1.77. The van der Waals surface area contributed by atoms with E-state index in [0.717, 1.165) is 11.8 Å². The van der Waals surface area contributed by atoms with E-state index in [0.29, 0.717) is 12.1 Å². The number of ether oxygens (including phenoxy) is 1. The van der Waals surface area contributed by atoms with Crippen molar-refractivity contribution in [2.24, 2.45) is 11.8 Å². The van der Waals surface area contributed by atoms with Crippen molar-refractivity contribution in [1.29, 1.82) is 0 Å². The van der Waals surface area contributed by atoms with E-state index in [9.17, 15) is 0 Å². The molecule has 0 aromatic carbocycles. The van der Waals surface area contributed by atoms with E-state index < -0.39 is 0 Å². The van der Waals surface area contributed by atoms with Crippen molar-refractivity contribution in [3.05, 3.63) is 0 Å². The zero-order chi connectivity index (χ0) is 8.72. The molecular formula is C10H19NO. The highest BCUT2D eigenvalue weighted by molar-refractivity contribution is 5.01. The molecule has 0 radical (unpaired) electrons. The summed E-state index contributed by atoms with van der Waals surface area (Å²) in [7, 11) is 6.22. The molecule has 2 fully saturated rings. The fraction of sp³-hybridized carbons (Fsp3) is 1.00. The van der Waals surface area contributed by atoms with Gasteiger partial charge in [0.1, 0.15) is 0 Å². The molecule has 2 saturated carbocycles. The van der Waals surface area contributed by atoms with Gasteiger partial charge in [-0.05, 0) is 45.2 Å². The summed E-state index contributed by atoms with van der Waals surface area (Å²) in [4.78, 5) is 2.35. The number of methoxy groups -OCH3 is 1. The normalized spacial score (nSPS) is 46.0. The second-order valence-corrected chi connectivity index (χ2v) is 4.49. The molecule has 0 amide bonds. The number of fused-ring (bicyclic) bond motifs is 2. The van der Waals surface area contributed by atoms with Crippen molar-refractivity contribution in [3.63, 3.8) is 0 Å². The van der Waals surface area contributed by atoms with E-state index in [1.807, 2.05) is 7.11 Å². The number of hydrogen-bond acceptors (Lipinski definition) is 2. The highest BCUT2D eigenvalue weighted by atomic mass is 16.5. The Morgan fingerprint density at radius 3 is 2.33 bits per heavy atom. The van der Waals surface area contributed by atoms with E-state index in [1.165, 1.54) is 19.3 Å². The lowest BCUT2D eigenvalue weighted by atomic mass is 9.92. The predicted molar refractivity (Wildman–Crippen MR) is 49.1 cm³/mol. The van der Waals surface area contributed by atoms with Crippen molar-refractivity contribution in [3.8, 4) is 0 Å². The van der Waals surface area contributed by atoms with Crippen molar-refractivity contribution in [2.75, 3.05) is 21.2 Å². The molecule has 2 rings (SSSR count). The van der Waals surface area contributed by atoms with Crippen LogP contribution in [0.2, 0.25) is 0 Å². The standard InChI is InChI=1S/C10H19NO/c1-11(2)9-7-4-5-8(6-7)10(9)12-3/h7-10H,4-6H2,1-3H3/t7-,8+,9-,10-/m1/s1. The quantitative estimate of drug-likeness (QED) is 0.619. The van der Waals surface area contributed by atoms with Gasteiger partial charge in [0, 0.05) is 13.2 Å². The van der Waals surface area contributed by atoms with Gasteiger partial charge in [-0.25, -0.2) is 0 Å². The minimum absolute atomic E-state index is 0.513. The van der Waals surface area contributed by atoms with Crippen LogP contribution in [0.5, 0.6) is 0 Å². The van der Waals surface area contributed by atoms with Crippen LogP contribution in [0.3, 0.4) is 0 Å². The molecule has 0 saturated heterocycles. The summed E-state index contributed by atoms with van der Waals surface area (Å²) in [6.45, 7) is 0. The third kappa shape index (κ3) is 1.09. The maximum atomic E-state index is 5.58. The van der Waals surface area contributed by atoms with E-state index >= 15 is 0 Å². The second kappa shape index (κ2) is 3.00. The summed E-state index contributed by atoms with van der Waals surface area (Å²) in [6, 6.07) is 0.689. The van der Waals surface area contributed by atoms with Crippen LogP contribution < -0.4 is 0 Å². The van der Waals surface area contributed by atoms with Gasteiger partial charge in [0.2, 0.25) is 0 Å². The Morgan fingerprint density at radius 1 is 1.17 bits per heavy atom. The van der Waals surface area contributed by atoms with Crippen LogP contribution >= 0.6 is 0 Å². The van der Waals surface area contributed by atoms with Gasteiger partial charge in [-0.3, -0.25) is 0 Å². The first kappa shape index (κ1) is 8.52. The Labute approximate surface area is 74.9 Å². The first-order valence-electron chi connectivity index (χ1n) is 4.93. The lowest BCUT2D eigenvalue weighted by molar-refractivity contribution is -0.00170. The van der Waals surface area contributed by atoms with E-state index in [4.69, 9.17) is 4.74 Å². The predicted octanol–water partition coefficient (Wildman–Crippen LogP) is 1.36. The molecule has 2 aliphatic rings. The smallest absolute Gasteiger partial charge is 0.0757 e. The van der Waals surface area contributed by atoms with Crippen LogP contribution in [0.4, 0.5) is 0 Å². The zero-order valence-corrected chi connectivity index (χ0v) is 8.29. The summed E-state index contributed by atoms with van der Waals surface area (Å²) < 4.78 is 5.58. The van der Waals surface area contributed by atoms with Crippen LogP contribution in [0, 0.1) is 11.8 Å². The molecule has 70 valence electrons. The highest BCUT2D eigenvalue weighted by Gasteiger charge is 2.48. The Morgan fingerprint density at radius 2 is 1.83 bits per heavy atom. The summed E-state index contributed by atoms with van der Waals surface area (Å²) in [6.07, 6.45) is 4.74. The monoisotopic (exact) mass is 169 g/mol. The molecule has 0 spiro atoms. The molecule has 4 atom stereocenters. The topological polar surface area (TPSA) is 12.5 Å². The molecular weight excluding hydrogens is 150 g/mol. The second-order valence-electron chi connectivity index (χ2n) is 4.49. The first-order valence-corrected chi connectivity index (χ1v) is 4.93. The van der Waals surface area contributed by atoms with Crippen LogP contribution in [0.1, 0.15) is 19.3 Å². The minimum atomic E-state index is 0.513. The average molecular weight is 169 g/mol. The lowest BCUT2D eigenvalue weighted by Crippen LogP contribution is -2.44. The fourth-order valence-electron chi connectivity index (χ4n) is 3.26. The van der Waals surface area contributed by atoms with Crippen LogP contribution in [0.25, 0.3) is 0 Å². The van der Waals surface area contributed by atoms with Crippen molar-refractivity contribution < 1.29 is 4.74 Å². The van der Waals surface area contributed by atoms with Gasteiger partial charge in [-0.15, -0.1) is 0 Å². The third-order valence-electron chi connectivity index (χ3n) is 3.67. The Hall–Kier alpha value is -0.0800. The molecule has 12 heavy (non-hydrogen) atoms. The Bertz CT molecular complexity index is 169. The molecule has 2 heteroatoms. The molecule has 2 bridgehead atoms. The molecule has 0 unspecified atom stereocenters. The number of hydrogen-bond donors (Lipinski definition) is 0. The van der Waals surface area contributed by atoms with Crippen molar-refractivity contribution in [1.82, 2.24) is 4.90 Å². The fourth-order valence-corrected chi connectivity index (χ4v) is 3.26. The lowest BCUT2D eigenvalue weighted by Gasteiger charge is -2.34. The molecule has 0 N–H and O–H groups in total. The Kier molecular flexibility index (Phi) is 2.13. The summed E-state index contributed by atoms with van der Waals surface area (Å²) >= 11 is 0. The average Bonchev–Trinajstić information content (AvgIpc) is 2.60. The van der Waals surface area contributed by atoms with E-state index in [-0.39, 0.29) is 0 Å². The maximum absolute atomic E-state index is 5.58. The number of likely N-dealkylation sites (N-methyl/N-ethyl adjacent to an activating group) is 1. The van der Waals surface area contributed by atoms with Gasteiger partial charge in [0.05, 0.1) is 6.10 Å². The molecule has 2 aliphatic carbocycles.